The molecule has 0 fully saturated rings. The molecule has 2 rings (SSSR count). The topological polar surface area (TPSA) is 77.0 Å². The van der Waals surface area contributed by atoms with Crippen LogP contribution < -0.4 is 10.6 Å². The lowest BCUT2D eigenvalue weighted by Crippen LogP contribution is -2.38. The van der Waals surface area contributed by atoms with Crippen LogP contribution in [0.15, 0.2) is 41.4 Å². The summed E-state index contributed by atoms with van der Waals surface area (Å²) in [5, 5.41) is 15.5. The molecule has 0 aliphatic rings. The van der Waals surface area contributed by atoms with Crippen LogP contribution in [0.1, 0.15) is 28.6 Å². The van der Waals surface area contributed by atoms with Gasteiger partial charge in [0.1, 0.15) is 5.75 Å². The Balaban J connectivity index is 1.79. The molecule has 1 amide bonds. The largest absolute Gasteiger partial charge is 0.508 e. The number of hydrogen-bond acceptors (Lipinski definition) is 4. The highest BCUT2D eigenvalue weighted by atomic mass is 35.5. The van der Waals surface area contributed by atoms with E-state index in [2.05, 4.69) is 20.5 Å². The molecular formula is C19H25ClN4O2S. The molecule has 0 aliphatic heterocycles. The summed E-state index contributed by atoms with van der Waals surface area (Å²) in [6.45, 7) is 4.65. The fourth-order valence-electron chi connectivity index (χ4n) is 2.43. The van der Waals surface area contributed by atoms with Crippen molar-refractivity contribution in [1.82, 2.24) is 15.5 Å². The SMILES string of the molecule is CCNC(=NCCCNC(=O)c1cccc(O)c1)N(C)Cc1ccc(Cl)s1. The summed E-state index contributed by atoms with van der Waals surface area (Å²) in [7, 11) is 1.98. The van der Waals surface area contributed by atoms with Crippen LogP contribution in [0.2, 0.25) is 4.34 Å². The standard InChI is InChI=1S/C19H25ClN4O2S/c1-3-21-19(24(2)13-16-8-9-17(20)27-16)23-11-5-10-22-18(26)14-6-4-7-15(25)12-14/h4,6-9,12,25H,3,5,10-11,13H2,1-2H3,(H,21,23)(H,22,26). The van der Waals surface area contributed by atoms with E-state index in [4.69, 9.17) is 11.6 Å². The molecule has 6 nitrogen and oxygen atoms in total. The van der Waals surface area contributed by atoms with Gasteiger partial charge in [-0.05, 0) is 43.7 Å². The first-order valence-electron chi connectivity index (χ1n) is 8.80. The lowest BCUT2D eigenvalue weighted by Gasteiger charge is -2.21. The molecule has 0 radical (unpaired) electrons. The minimum atomic E-state index is -0.200. The molecule has 0 bridgehead atoms. The van der Waals surface area contributed by atoms with Gasteiger partial charge in [0.15, 0.2) is 5.96 Å². The smallest absolute Gasteiger partial charge is 0.251 e. The monoisotopic (exact) mass is 408 g/mol. The van der Waals surface area contributed by atoms with Crippen LogP contribution in [-0.4, -0.2) is 48.6 Å². The number of nitrogens with zero attached hydrogens (tertiary/aromatic N) is 2. The van der Waals surface area contributed by atoms with E-state index >= 15 is 0 Å². The van der Waals surface area contributed by atoms with Crippen molar-refractivity contribution in [2.75, 3.05) is 26.7 Å². The summed E-state index contributed by atoms with van der Waals surface area (Å²) in [5.74, 6) is 0.701. The summed E-state index contributed by atoms with van der Waals surface area (Å²) in [4.78, 5) is 19.9. The van der Waals surface area contributed by atoms with Gasteiger partial charge < -0.3 is 20.6 Å². The molecule has 0 saturated carbocycles. The molecule has 0 spiro atoms. The quantitative estimate of drug-likeness (QED) is 0.355. The minimum absolute atomic E-state index is 0.0811. The third kappa shape index (κ3) is 7.11. The second kappa shape index (κ2) is 10.8. The molecule has 0 aliphatic carbocycles. The number of hydrogen-bond donors (Lipinski definition) is 3. The number of benzene rings is 1. The average Bonchev–Trinajstić information content (AvgIpc) is 3.05. The molecule has 1 aromatic heterocycles. The number of amides is 1. The maximum Gasteiger partial charge on any atom is 0.251 e. The zero-order valence-corrected chi connectivity index (χ0v) is 17.1. The molecule has 8 heteroatoms. The van der Waals surface area contributed by atoms with Gasteiger partial charge in [-0.25, -0.2) is 0 Å². The number of halogens is 1. The molecule has 0 saturated heterocycles. The normalized spacial score (nSPS) is 11.3. The van der Waals surface area contributed by atoms with Crippen LogP contribution in [0.5, 0.6) is 5.75 Å². The number of phenolic OH excluding ortho intramolecular Hbond substituents is 1. The lowest BCUT2D eigenvalue weighted by molar-refractivity contribution is 0.0953. The number of phenols is 1. The van der Waals surface area contributed by atoms with E-state index in [1.54, 1.807) is 23.5 Å². The third-order valence-electron chi connectivity index (χ3n) is 3.71. The summed E-state index contributed by atoms with van der Waals surface area (Å²) in [6, 6.07) is 10.2. The van der Waals surface area contributed by atoms with Crippen LogP contribution in [0.4, 0.5) is 0 Å². The number of carbonyl (C=O) groups is 1. The third-order valence-corrected chi connectivity index (χ3v) is 4.92. The van der Waals surface area contributed by atoms with Crippen LogP contribution in [0.3, 0.4) is 0 Å². The van der Waals surface area contributed by atoms with Crippen molar-refractivity contribution >= 4 is 34.8 Å². The van der Waals surface area contributed by atoms with E-state index < -0.39 is 0 Å². The van der Waals surface area contributed by atoms with Crippen LogP contribution >= 0.6 is 22.9 Å². The summed E-state index contributed by atoms with van der Waals surface area (Å²) in [5.41, 5.74) is 0.446. The van der Waals surface area contributed by atoms with Gasteiger partial charge in [-0.3, -0.25) is 9.79 Å². The van der Waals surface area contributed by atoms with Crippen molar-refractivity contribution < 1.29 is 9.90 Å². The number of thiophene rings is 1. The molecule has 1 aromatic carbocycles. The van der Waals surface area contributed by atoms with Crippen molar-refractivity contribution in [3.05, 3.63) is 51.2 Å². The van der Waals surface area contributed by atoms with Crippen LogP contribution in [-0.2, 0) is 6.54 Å². The first-order valence-corrected chi connectivity index (χ1v) is 10.00. The molecule has 0 unspecified atom stereocenters. The van der Waals surface area contributed by atoms with Gasteiger partial charge in [-0.15, -0.1) is 11.3 Å². The van der Waals surface area contributed by atoms with E-state index in [1.165, 1.54) is 17.0 Å². The number of rotatable bonds is 8. The first kappa shape index (κ1) is 21.1. The van der Waals surface area contributed by atoms with Crippen LogP contribution in [0, 0.1) is 0 Å². The highest BCUT2D eigenvalue weighted by Gasteiger charge is 2.08. The maximum absolute atomic E-state index is 12.0. The molecule has 3 N–H and O–H groups in total. The fourth-order valence-corrected chi connectivity index (χ4v) is 3.57. The number of nitrogens with one attached hydrogen (secondary N) is 2. The predicted octanol–water partition coefficient (Wildman–Crippen LogP) is 3.32. The second-order valence-electron chi connectivity index (χ2n) is 5.96. The van der Waals surface area contributed by atoms with Gasteiger partial charge >= 0.3 is 0 Å². The van der Waals surface area contributed by atoms with Crippen molar-refractivity contribution in [2.24, 2.45) is 4.99 Å². The van der Waals surface area contributed by atoms with Gasteiger partial charge in [0.25, 0.3) is 5.91 Å². The van der Waals surface area contributed by atoms with Crippen molar-refractivity contribution in [2.45, 2.75) is 19.9 Å². The molecular weight excluding hydrogens is 384 g/mol. The molecule has 1 heterocycles. The van der Waals surface area contributed by atoms with Crippen molar-refractivity contribution in [3.63, 3.8) is 0 Å². The Bertz CT molecular complexity index is 779. The highest BCUT2D eigenvalue weighted by molar-refractivity contribution is 7.16. The molecule has 146 valence electrons. The number of aromatic hydroxyl groups is 1. The van der Waals surface area contributed by atoms with Crippen LogP contribution in [0.25, 0.3) is 0 Å². The summed E-state index contributed by atoms with van der Waals surface area (Å²) < 4.78 is 0.780. The zero-order valence-electron chi connectivity index (χ0n) is 15.5. The first-order chi connectivity index (χ1) is 13.0. The number of guanidine groups is 1. The molecule has 2 aromatic rings. The highest BCUT2D eigenvalue weighted by Crippen LogP contribution is 2.22. The maximum atomic E-state index is 12.0. The van der Waals surface area contributed by atoms with Gasteiger partial charge in [0, 0.05) is 37.1 Å². The summed E-state index contributed by atoms with van der Waals surface area (Å²) >= 11 is 7.55. The number of carbonyl (C=O) groups excluding carboxylic acids is 1. The Morgan fingerprint density at radius 2 is 2.11 bits per heavy atom. The Kier molecular flexibility index (Phi) is 8.42. The van der Waals surface area contributed by atoms with E-state index in [0.717, 1.165) is 29.8 Å². The molecule has 27 heavy (non-hydrogen) atoms. The minimum Gasteiger partial charge on any atom is -0.508 e. The van der Waals surface area contributed by atoms with Gasteiger partial charge in [0.2, 0.25) is 0 Å². The Hall–Kier alpha value is -2.25. The van der Waals surface area contributed by atoms with E-state index in [1.807, 2.05) is 26.1 Å². The predicted molar refractivity (Wildman–Crippen MR) is 112 cm³/mol. The van der Waals surface area contributed by atoms with Crippen molar-refractivity contribution in [1.29, 1.82) is 0 Å². The average molecular weight is 409 g/mol. The van der Waals surface area contributed by atoms with Gasteiger partial charge in [-0.1, -0.05) is 17.7 Å². The Morgan fingerprint density at radius 1 is 1.30 bits per heavy atom. The van der Waals surface area contributed by atoms with Gasteiger partial charge in [0.05, 0.1) is 10.9 Å². The zero-order chi connectivity index (χ0) is 19.6. The van der Waals surface area contributed by atoms with E-state index in [0.29, 0.717) is 18.7 Å². The Labute approximate surface area is 168 Å². The summed E-state index contributed by atoms with van der Waals surface area (Å²) in [6.07, 6.45) is 0.720. The van der Waals surface area contributed by atoms with E-state index in [9.17, 15) is 9.90 Å². The van der Waals surface area contributed by atoms with Crippen molar-refractivity contribution in [3.8, 4) is 5.75 Å². The fraction of sp³-hybridized carbons (Fsp3) is 0.368. The van der Waals surface area contributed by atoms with E-state index in [-0.39, 0.29) is 11.7 Å². The number of aliphatic imine (C=N–C) groups is 1. The second-order valence-corrected chi connectivity index (χ2v) is 7.76. The molecule has 0 atom stereocenters. The Morgan fingerprint density at radius 3 is 2.78 bits per heavy atom. The van der Waals surface area contributed by atoms with Gasteiger partial charge in [-0.2, -0.15) is 0 Å². The lowest BCUT2D eigenvalue weighted by atomic mass is 10.2.